The van der Waals surface area contributed by atoms with Gasteiger partial charge in [-0.2, -0.15) is 18.4 Å². The average molecular weight is 507 g/mol. The van der Waals surface area contributed by atoms with E-state index in [9.17, 15) is 23.1 Å². The second-order valence-corrected chi connectivity index (χ2v) is 8.80. The molecule has 2 fully saturated rings. The van der Waals surface area contributed by atoms with Crippen molar-refractivity contribution >= 4 is 34.6 Å². The monoisotopic (exact) mass is 507 g/mol. The summed E-state index contributed by atoms with van der Waals surface area (Å²) in [6.07, 6.45) is -4.27. The highest BCUT2D eigenvalue weighted by atomic mass is 32.1. The third-order valence-electron chi connectivity index (χ3n) is 6.47. The standard InChI is InChI=1S/C23H17F4N3O4S/c24-19-15(4-2-12(9-28)18(19)23(25,26)27)29-20(32)22(6-1-7-22)30(21(29)35)13-3-5-16-17(8-13)33-11-14(10-31)34-16/h2-5,8,14,31H,1,6-7,10-11H2/t14-/m0/s1. The van der Waals surface area contributed by atoms with Gasteiger partial charge in [0, 0.05) is 11.8 Å². The van der Waals surface area contributed by atoms with Gasteiger partial charge in [0.1, 0.15) is 17.7 Å². The van der Waals surface area contributed by atoms with Gasteiger partial charge in [0.05, 0.1) is 23.9 Å². The quantitative estimate of drug-likeness (QED) is 0.498. The first-order valence-electron chi connectivity index (χ1n) is 10.7. The van der Waals surface area contributed by atoms with E-state index in [1.165, 1.54) is 11.0 Å². The zero-order valence-electron chi connectivity index (χ0n) is 17.9. The van der Waals surface area contributed by atoms with Gasteiger partial charge in [0.2, 0.25) is 0 Å². The molecular weight excluding hydrogens is 490 g/mol. The number of carbonyl (C=O) groups is 1. The first-order chi connectivity index (χ1) is 16.6. The predicted octanol–water partition coefficient (Wildman–Crippen LogP) is 3.91. The highest BCUT2D eigenvalue weighted by molar-refractivity contribution is 7.81. The van der Waals surface area contributed by atoms with Gasteiger partial charge in [-0.3, -0.25) is 9.69 Å². The molecule has 1 N–H and O–H groups in total. The van der Waals surface area contributed by atoms with Crippen LogP contribution < -0.4 is 19.3 Å². The maximum atomic E-state index is 15.2. The van der Waals surface area contributed by atoms with Gasteiger partial charge >= 0.3 is 6.18 Å². The smallest absolute Gasteiger partial charge is 0.420 e. The maximum Gasteiger partial charge on any atom is 0.420 e. The Bertz CT molecular complexity index is 1290. The Balaban J connectivity index is 1.59. The summed E-state index contributed by atoms with van der Waals surface area (Å²) < 4.78 is 67.2. The lowest BCUT2D eigenvalue weighted by molar-refractivity contribution is -0.140. The lowest BCUT2D eigenvalue weighted by Crippen LogP contribution is -2.55. The predicted molar refractivity (Wildman–Crippen MR) is 119 cm³/mol. The summed E-state index contributed by atoms with van der Waals surface area (Å²) in [6, 6.07) is 7.91. The number of benzene rings is 2. The number of nitrogens with zero attached hydrogens (tertiary/aromatic N) is 3. The number of nitriles is 1. The number of hydrogen-bond donors (Lipinski definition) is 1. The van der Waals surface area contributed by atoms with Crippen LogP contribution in [0.5, 0.6) is 11.5 Å². The molecule has 5 rings (SSSR count). The number of aliphatic hydroxyl groups is 1. The second-order valence-electron chi connectivity index (χ2n) is 8.44. The van der Waals surface area contributed by atoms with Crippen LogP contribution in [0, 0.1) is 17.1 Å². The first kappa shape index (κ1) is 23.3. The number of rotatable bonds is 3. The van der Waals surface area contributed by atoms with Gasteiger partial charge in [0.25, 0.3) is 5.91 Å². The Morgan fingerprint density at radius 1 is 1.23 bits per heavy atom. The van der Waals surface area contributed by atoms with Crippen LogP contribution in [-0.4, -0.2) is 41.0 Å². The zero-order valence-corrected chi connectivity index (χ0v) is 18.7. The zero-order chi connectivity index (χ0) is 25.1. The fraction of sp³-hybridized carbons (Fsp3) is 0.348. The largest absolute Gasteiger partial charge is 0.486 e. The minimum Gasteiger partial charge on any atom is -0.486 e. The van der Waals surface area contributed by atoms with Crippen LogP contribution in [0.4, 0.5) is 28.9 Å². The van der Waals surface area contributed by atoms with Crippen LogP contribution in [0.2, 0.25) is 0 Å². The number of thiocarbonyl (C=S) groups is 1. The molecule has 1 amide bonds. The summed E-state index contributed by atoms with van der Waals surface area (Å²) in [6.45, 7) is -0.135. The third kappa shape index (κ3) is 3.41. The summed E-state index contributed by atoms with van der Waals surface area (Å²) >= 11 is 5.51. The van der Waals surface area contributed by atoms with E-state index >= 15 is 4.39 Å². The van der Waals surface area contributed by atoms with Crippen molar-refractivity contribution in [3.05, 3.63) is 47.3 Å². The van der Waals surface area contributed by atoms with E-state index in [4.69, 9.17) is 27.0 Å². The van der Waals surface area contributed by atoms with Gasteiger partial charge < -0.3 is 19.5 Å². The molecule has 7 nitrogen and oxygen atoms in total. The van der Waals surface area contributed by atoms with Crippen LogP contribution in [0.1, 0.15) is 30.4 Å². The number of ether oxygens (including phenoxy) is 2. The van der Waals surface area contributed by atoms with E-state index < -0.39 is 46.4 Å². The summed E-state index contributed by atoms with van der Waals surface area (Å²) in [5, 5.41) is 18.2. The molecule has 182 valence electrons. The van der Waals surface area contributed by atoms with Crippen LogP contribution in [-0.2, 0) is 11.0 Å². The lowest BCUT2D eigenvalue weighted by Gasteiger charge is -2.43. The van der Waals surface area contributed by atoms with Crippen molar-refractivity contribution in [2.75, 3.05) is 23.0 Å². The molecule has 2 aliphatic heterocycles. The Morgan fingerprint density at radius 2 is 1.97 bits per heavy atom. The third-order valence-corrected chi connectivity index (χ3v) is 6.83. The molecule has 1 spiro atoms. The Hall–Kier alpha value is -3.43. The summed E-state index contributed by atoms with van der Waals surface area (Å²) in [5.41, 5.74) is -4.04. The van der Waals surface area contributed by atoms with Gasteiger partial charge in [-0.25, -0.2) is 4.39 Å². The molecule has 2 aromatic carbocycles. The average Bonchev–Trinajstić information content (AvgIpc) is 3.04. The molecule has 3 aliphatic rings. The van der Waals surface area contributed by atoms with E-state index in [-0.39, 0.29) is 18.3 Å². The normalized spacial score (nSPS) is 20.7. The molecule has 1 saturated carbocycles. The van der Waals surface area contributed by atoms with Crippen LogP contribution >= 0.6 is 12.2 Å². The van der Waals surface area contributed by atoms with Gasteiger partial charge in [-0.1, -0.05) is 0 Å². The molecule has 2 heterocycles. The molecule has 1 saturated heterocycles. The SMILES string of the molecule is N#Cc1ccc(N2C(=O)C3(CCC3)N(c3ccc4c(c3)OC[C@H](CO)O4)C2=S)c(F)c1C(F)(F)F. The molecule has 0 aromatic heterocycles. The van der Waals surface area contributed by atoms with Crippen molar-refractivity contribution in [1.29, 1.82) is 5.26 Å². The number of alkyl halides is 3. The van der Waals surface area contributed by atoms with Crippen LogP contribution in [0.3, 0.4) is 0 Å². The van der Waals surface area contributed by atoms with Gasteiger partial charge in [-0.15, -0.1) is 0 Å². The molecule has 0 bridgehead atoms. The Kier molecular flexibility index (Phi) is 5.37. The van der Waals surface area contributed by atoms with E-state index in [0.29, 0.717) is 36.4 Å². The van der Waals surface area contributed by atoms with Crippen molar-refractivity contribution in [3.8, 4) is 17.6 Å². The van der Waals surface area contributed by atoms with Crippen LogP contribution in [0.25, 0.3) is 0 Å². The van der Waals surface area contributed by atoms with Crippen molar-refractivity contribution in [1.82, 2.24) is 0 Å². The molecule has 0 unspecified atom stereocenters. The molecule has 2 aromatic rings. The van der Waals surface area contributed by atoms with Gasteiger partial charge in [0.15, 0.2) is 28.5 Å². The Labute approximate surface area is 202 Å². The number of amides is 1. The van der Waals surface area contributed by atoms with Crippen molar-refractivity contribution in [2.45, 2.75) is 37.1 Å². The first-order valence-corrected chi connectivity index (χ1v) is 11.1. The molecular formula is C23H17F4N3O4S. The summed E-state index contributed by atoms with van der Waals surface area (Å²) in [5.74, 6) is -1.65. The lowest BCUT2D eigenvalue weighted by atomic mass is 9.75. The van der Waals surface area contributed by atoms with E-state index in [1.807, 2.05) is 0 Å². The number of halogens is 4. The summed E-state index contributed by atoms with van der Waals surface area (Å²) in [7, 11) is 0. The number of fused-ring (bicyclic) bond motifs is 1. The number of carbonyl (C=O) groups excluding carboxylic acids is 1. The van der Waals surface area contributed by atoms with Crippen molar-refractivity contribution in [2.24, 2.45) is 0 Å². The Morgan fingerprint density at radius 3 is 2.57 bits per heavy atom. The minimum absolute atomic E-state index is 0.101. The fourth-order valence-electron chi connectivity index (χ4n) is 4.63. The maximum absolute atomic E-state index is 15.2. The minimum atomic E-state index is -5.15. The molecule has 35 heavy (non-hydrogen) atoms. The van der Waals surface area contributed by atoms with E-state index in [1.54, 1.807) is 18.2 Å². The van der Waals surface area contributed by atoms with Gasteiger partial charge in [-0.05, 0) is 55.7 Å². The number of hydrogen-bond acceptors (Lipinski definition) is 6. The highest BCUT2D eigenvalue weighted by Gasteiger charge is 2.60. The molecule has 1 atom stereocenters. The van der Waals surface area contributed by atoms with E-state index in [0.717, 1.165) is 17.0 Å². The number of anilines is 2. The van der Waals surface area contributed by atoms with E-state index in [2.05, 4.69) is 0 Å². The second kappa shape index (κ2) is 8.07. The number of aliphatic hydroxyl groups excluding tert-OH is 1. The molecule has 1 aliphatic carbocycles. The fourth-order valence-corrected chi connectivity index (χ4v) is 5.09. The topological polar surface area (TPSA) is 86.0 Å². The van der Waals surface area contributed by atoms with Crippen LogP contribution in [0.15, 0.2) is 30.3 Å². The molecule has 0 radical (unpaired) electrons. The van der Waals surface area contributed by atoms with Crippen molar-refractivity contribution in [3.63, 3.8) is 0 Å². The van der Waals surface area contributed by atoms with Crippen molar-refractivity contribution < 1.29 is 36.9 Å². The summed E-state index contributed by atoms with van der Waals surface area (Å²) in [4.78, 5) is 15.8. The molecule has 12 heteroatoms. The highest BCUT2D eigenvalue weighted by Crippen LogP contribution is 2.50.